The van der Waals surface area contributed by atoms with Crippen LogP contribution in [0.4, 0.5) is 5.88 Å². The van der Waals surface area contributed by atoms with E-state index in [2.05, 4.69) is 5.32 Å². The molecule has 3 rings (SSSR count). The van der Waals surface area contributed by atoms with Crippen molar-refractivity contribution in [2.45, 2.75) is 6.04 Å². The summed E-state index contributed by atoms with van der Waals surface area (Å²) >= 11 is 6.03. The van der Waals surface area contributed by atoms with Crippen LogP contribution in [0, 0.1) is 10.1 Å². The van der Waals surface area contributed by atoms with Crippen LogP contribution in [0.2, 0.25) is 5.02 Å². The summed E-state index contributed by atoms with van der Waals surface area (Å²) in [6.07, 6.45) is 0. The molecular weight excluding hydrogens is 357 g/mol. The quantitative estimate of drug-likeness (QED) is 0.661. The molecule has 1 saturated heterocycles. The lowest BCUT2D eigenvalue weighted by atomic mass is 10.0. The largest absolute Gasteiger partial charge is 0.433 e. The number of carbonyl (C=O) groups is 1. The second-order valence-corrected chi connectivity index (χ2v) is 5.60. The van der Waals surface area contributed by atoms with E-state index in [1.165, 1.54) is 12.1 Å². The van der Waals surface area contributed by atoms with Crippen molar-refractivity contribution in [2.24, 2.45) is 0 Å². The minimum atomic E-state index is -0.664. The molecule has 1 fully saturated rings. The third kappa shape index (κ3) is 3.69. The Kier molecular flexibility index (Phi) is 5.82. The van der Waals surface area contributed by atoms with Crippen LogP contribution in [0.1, 0.15) is 22.2 Å². The smallest absolute Gasteiger partial charge is 0.395 e. The van der Waals surface area contributed by atoms with E-state index in [0.717, 1.165) is 5.56 Å². The molecule has 128 valence electrons. The highest BCUT2D eigenvalue weighted by molar-refractivity contribution is 6.30. The lowest BCUT2D eigenvalue weighted by molar-refractivity contribution is -0.402. The van der Waals surface area contributed by atoms with Crippen molar-refractivity contribution in [3.63, 3.8) is 0 Å². The molecule has 0 aliphatic carbocycles. The Bertz CT molecular complexity index is 750. The first kappa shape index (κ1) is 18.3. The Hall–Kier alpha value is -2.09. The van der Waals surface area contributed by atoms with Gasteiger partial charge in [-0.1, -0.05) is 23.7 Å². The first-order valence-electron chi connectivity index (χ1n) is 7.07. The molecule has 0 bridgehead atoms. The minimum Gasteiger partial charge on any atom is -0.395 e. The average molecular weight is 372 g/mol. The molecule has 0 saturated carbocycles. The van der Waals surface area contributed by atoms with Crippen LogP contribution < -0.4 is 5.32 Å². The van der Waals surface area contributed by atoms with E-state index in [4.69, 9.17) is 16.0 Å². The van der Waals surface area contributed by atoms with Crippen LogP contribution in [0.3, 0.4) is 0 Å². The predicted molar refractivity (Wildman–Crippen MR) is 90.7 cm³/mol. The zero-order valence-electron chi connectivity index (χ0n) is 12.5. The number of nitrogens with zero attached hydrogens (tertiary/aromatic N) is 2. The number of nitrogens with one attached hydrogen (secondary N) is 1. The number of amides is 1. The van der Waals surface area contributed by atoms with Gasteiger partial charge in [0.15, 0.2) is 5.76 Å². The summed E-state index contributed by atoms with van der Waals surface area (Å²) in [5.74, 6) is -0.849. The fourth-order valence-corrected chi connectivity index (χ4v) is 2.84. The lowest BCUT2D eigenvalue weighted by Gasteiger charge is -2.36. The fourth-order valence-electron chi connectivity index (χ4n) is 2.64. The molecule has 2 aromatic rings. The molecular formula is C15H15Cl2N3O4. The van der Waals surface area contributed by atoms with Crippen LogP contribution in [0.25, 0.3) is 0 Å². The van der Waals surface area contributed by atoms with Crippen LogP contribution in [-0.4, -0.2) is 35.4 Å². The number of hydrogen-bond donors (Lipinski definition) is 1. The number of carbonyl (C=O) groups excluding carboxylic acids is 1. The van der Waals surface area contributed by atoms with Crippen molar-refractivity contribution in [1.82, 2.24) is 10.2 Å². The second kappa shape index (κ2) is 7.65. The molecule has 1 aromatic heterocycles. The van der Waals surface area contributed by atoms with Gasteiger partial charge in [0.05, 0.1) is 12.1 Å². The van der Waals surface area contributed by atoms with Gasteiger partial charge in [-0.25, -0.2) is 0 Å². The first-order chi connectivity index (χ1) is 11.1. The topological polar surface area (TPSA) is 88.6 Å². The predicted octanol–water partition coefficient (Wildman–Crippen LogP) is 3.05. The van der Waals surface area contributed by atoms with Gasteiger partial charge >= 0.3 is 5.88 Å². The van der Waals surface area contributed by atoms with E-state index in [-0.39, 0.29) is 30.1 Å². The third-order valence-corrected chi connectivity index (χ3v) is 3.96. The van der Waals surface area contributed by atoms with Crippen molar-refractivity contribution in [3.8, 4) is 0 Å². The number of hydrogen-bond acceptors (Lipinski definition) is 5. The van der Waals surface area contributed by atoms with E-state index in [9.17, 15) is 14.9 Å². The molecule has 1 aliphatic heterocycles. The molecule has 24 heavy (non-hydrogen) atoms. The van der Waals surface area contributed by atoms with Gasteiger partial charge in [0, 0.05) is 24.7 Å². The fraction of sp³-hybridized carbons (Fsp3) is 0.267. The Morgan fingerprint density at radius 3 is 2.83 bits per heavy atom. The van der Waals surface area contributed by atoms with Crippen molar-refractivity contribution < 1.29 is 14.1 Å². The molecule has 9 heteroatoms. The van der Waals surface area contributed by atoms with Gasteiger partial charge in [-0.2, -0.15) is 0 Å². The summed E-state index contributed by atoms with van der Waals surface area (Å²) in [5.41, 5.74) is 0.902. The monoisotopic (exact) mass is 371 g/mol. The minimum absolute atomic E-state index is 0. The number of piperazine rings is 1. The van der Waals surface area contributed by atoms with Gasteiger partial charge in [0.1, 0.15) is 4.92 Å². The maximum Gasteiger partial charge on any atom is 0.433 e. The summed E-state index contributed by atoms with van der Waals surface area (Å²) in [6, 6.07) is 9.61. The summed E-state index contributed by atoms with van der Waals surface area (Å²) in [5, 5.41) is 14.5. The molecule has 1 N–H and O–H groups in total. The van der Waals surface area contributed by atoms with Gasteiger partial charge < -0.3 is 14.6 Å². The van der Waals surface area contributed by atoms with Crippen molar-refractivity contribution in [3.05, 3.63) is 62.9 Å². The first-order valence-corrected chi connectivity index (χ1v) is 7.45. The maximum absolute atomic E-state index is 12.7. The number of rotatable bonds is 3. The van der Waals surface area contributed by atoms with E-state index in [0.29, 0.717) is 24.7 Å². The second-order valence-electron chi connectivity index (χ2n) is 5.17. The molecule has 0 spiro atoms. The molecule has 1 amide bonds. The lowest BCUT2D eigenvalue weighted by Crippen LogP contribution is -2.48. The molecule has 2 heterocycles. The highest BCUT2D eigenvalue weighted by atomic mass is 35.5. The maximum atomic E-state index is 12.7. The van der Waals surface area contributed by atoms with E-state index >= 15 is 0 Å². The summed E-state index contributed by atoms with van der Waals surface area (Å²) in [4.78, 5) is 24.3. The van der Waals surface area contributed by atoms with Crippen LogP contribution in [0.5, 0.6) is 0 Å². The zero-order chi connectivity index (χ0) is 16.4. The Morgan fingerprint density at radius 2 is 2.17 bits per heavy atom. The Morgan fingerprint density at radius 1 is 1.38 bits per heavy atom. The Balaban J connectivity index is 0.00000208. The van der Waals surface area contributed by atoms with Crippen LogP contribution in [-0.2, 0) is 0 Å². The highest BCUT2D eigenvalue weighted by Gasteiger charge is 2.31. The van der Waals surface area contributed by atoms with E-state index in [1.807, 2.05) is 18.2 Å². The summed E-state index contributed by atoms with van der Waals surface area (Å²) < 4.78 is 5.03. The van der Waals surface area contributed by atoms with Gasteiger partial charge in [0.2, 0.25) is 0 Å². The number of halogens is 2. The Labute approximate surface area is 149 Å². The van der Waals surface area contributed by atoms with Crippen molar-refractivity contribution in [2.75, 3.05) is 19.6 Å². The van der Waals surface area contributed by atoms with Crippen molar-refractivity contribution >= 4 is 35.8 Å². The van der Waals surface area contributed by atoms with Crippen molar-refractivity contribution in [1.29, 1.82) is 0 Å². The molecule has 1 aliphatic rings. The molecule has 1 unspecified atom stereocenters. The van der Waals surface area contributed by atoms with E-state index < -0.39 is 10.8 Å². The molecule has 1 aromatic carbocycles. The normalized spacial score (nSPS) is 17.2. The van der Waals surface area contributed by atoms with Crippen LogP contribution >= 0.6 is 24.0 Å². The van der Waals surface area contributed by atoms with Gasteiger partial charge in [-0.15, -0.1) is 12.4 Å². The summed E-state index contributed by atoms with van der Waals surface area (Å²) in [7, 11) is 0. The highest BCUT2D eigenvalue weighted by Crippen LogP contribution is 2.27. The molecule has 0 radical (unpaired) electrons. The number of benzene rings is 1. The standard InChI is InChI=1S/C15H14ClN3O4.ClH/c16-11-3-1-2-10(8-11)12-9-17-6-7-18(12)15(20)13-4-5-14(23-13)19(21)22;/h1-5,8,12,17H,6-7,9H2;1H. The number of furan rings is 1. The van der Waals surface area contributed by atoms with Gasteiger partial charge in [-0.3, -0.25) is 14.9 Å². The van der Waals surface area contributed by atoms with E-state index in [1.54, 1.807) is 11.0 Å². The zero-order valence-corrected chi connectivity index (χ0v) is 14.0. The van der Waals surface area contributed by atoms with Gasteiger partial charge in [-0.05, 0) is 23.8 Å². The average Bonchev–Trinajstić information content (AvgIpc) is 3.04. The van der Waals surface area contributed by atoms with Gasteiger partial charge in [0.25, 0.3) is 5.91 Å². The SMILES string of the molecule is Cl.O=C(c1ccc([N+](=O)[O-])o1)N1CCNCC1c1cccc(Cl)c1. The molecule has 7 nitrogen and oxygen atoms in total. The summed E-state index contributed by atoms with van der Waals surface area (Å²) in [6.45, 7) is 1.70. The molecule has 1 atom stereocenters. The third-order valence-electron chi connectivity index (χ3n) is 3.72. The van der Waals surface area contributed by atoms with Crippen LogP contribution in [0.15, 0.2) is 40.8 Å². The number of nitro groups is 1.